The van der Waals surface area contributed by atoms with E-state index in [-0.39, 0.29) is 43.6 Å². The zero-order valence-electron chi connectivity index (χ0n) is 10.2. The highest BCUT2D eigenvalue weighted by Gasteiger charge is 2.21. The van der Waals surface area contributed by atoms with Gasteiger partial charge < -0.3 is 16.6 Å². The monoisotopic (exact) mass is 398 g/mol. The average Bonchev–Trinajstić information content (AvgIpc) is 2.40. The van der Waals surface area contributed by atoms with Crippen LogP contribution < -0.4 is 11.5 Å². The molecule has 1 aromatic heterocycles. The number of hydrogen-bond donors (Lipinski definition) is 3. The molecule has 0 saturated heterocycles. The third-order valence-corrected chi connectivity index (χ3v) is 3.40. The molecule has 5 N–H and O–H groups in total. The first-order chi connectivity index (χ1) is 9.85. The Labute approximate surface area is 131 Å². The molecule has 1 aromatic carbocycles. The van der Waals surface area contributed by atoms with Crippen LogP contribution in [0.4, 0.5) is 17.5 Å². The summed E-state index contributed by atoms with van der Waals surface area (Å²) in [5.41, 5.74) is 10.6. The number of nitro groups is 1. The lowest BCUT2D eigenvalue weighted by molar-refractivity contribution is -0.384. The van der Waals surface area contributed by atoms with Crippen LogP contribution >= 0.6 is 22.6 Å². The van der Waals surface area contributed by atoms with Crippen LogP contribution in [0, 0.1) is 25.0 Å². The van der Waals surface area contributed by atoms with Crippen LogP contribution in [0.3, 0.4) is 0 Å². The van der Waals surface area contributed by atoms with E-state index in [4.69, 9.17) is 16.7 Å². The minimum Gasteiger partial charge on any atom is -0.506 e. The van der Waals surface area contributed by atoms with E-state index in [9.17, 15) is 15.2 Å². The van der Waals surface area contributed by atoms with Crippen molar-refractivity contribution in [1.29, 1.82) is 5.26 Å². The summed E-state index contributed by atoms with van der Waals surface area (Å²) in [5, 5.41) is 30.1. The van der Waals surface area contributed by atoms with Crippen molar-refractivity contribution in [3.63, 3.8) is 0 Å². The van der Waals surface area contributed by atoms with E-state index in [1.807, 2.05) is 0 Å². The lowest BCUT2D eigenvalue weighted by Crippen LogP contribution is -2.05. The number of nitrogens with two attached hydrogens (primary N) is 2. The molecule has 2 rings (SSSR count). The highest BCUT2D eigenvalue weighted by atomic mass is 127. The lowest BCUT2D eigenvalue weighted by atomic mass is 10.1. The smallest absolute Gasteiger partial charge is 0.271 e. The molecule has 0 aliphatic rings. The minimum atomic E-state index is -0.620. The maximum Gasteiger partial charge on any atom is 0.271 e. The standard InChI is InChI=1S/C11H7IN6O3/c12-7-2-4(18(20)21)1-5(9(7)19)8-6(3-13)10(14)17-11(15)16-8/h1-2,19H,(H4,14,15,16,17). The first kappa shape index (κ1) is 14.7. The van der Waals surface area contributed by atoms with Gasteiger partial charge in [0.2, 0.25) is 5.95 Å². The van der Waals surface area contributed by atoms with Crippen molar-refractivity contribution in [2.45, 2.75) is 0 Å². The maximum atomic E-state index is 10.9. The first-order valence-corrected chi connectivity index (χ1v) is 6.43. The molecule has 10 heteroatoms. The Morgan fingerprint density at radius 1 is 1.38 bits per heavy atom. The number of phenols is 1. The summed E-state index contributed by atoms with van der Waals surface area (Å²) in [4.78, 5) is 17.8. The summed E-state index contributed by atoms with van der Waals surface area (Å²) in [6.07, 6.45) is 0. The molecule has 0 atom stereocenters. The van der Waals surface area contributed by atoms with Crippen molar-refractivity contribution in [3.05, 3.63) is 31.4 Å². The van der Waals surface area contributed by atoms with Gasteiger partial charge in [-0.3, -0.25) is 10.1 Å². The maximum absolute atomic E-state index is 10.9. The zero-order valence-corrected chi connectivity index (χ0v) is 12.4. The molecule has 0 fully saturated rings. The fourth-order valence-electron chi connectivity index (χ4n) is 1.67. The summed E-state index contributed by atoms with van der Waals surface area (Å²) >= 11 is 1.73. The number of anilines is 2. The van der Waals surface area contributed by atoms with Gasteiger partial charge in [-0.2, -0.15) is 10.2 Å². The van der Waals surface area contributed by atoms with Crippen LogP contribution in [0.1, 0.15) is 5.56 Å². The summed E-state index contributed by atoms with van der Waals surface area (Å²) < 4.78 is 0.233. The van der Waals surface area contributed by atoms with E-state index >= 15 is 0 Å². The van der Waals surface area contributed by atoms with Crippen LogP contribution in [0.15, 0.2) is 12.1 Å². The Bertz CT molecular complexity index is 802. The van der Waals surface area contributed by atoms with Gasteiger partial charge in [0, 0.05) is 12.1 Å². The number of rotatable bonds is 2. The van der Waals surface area contributed by atoms with Gasteiger partial charge in [-0.1, -0.05) is 0 Å². The highest BCUT2D eigenvalue weighted by molar-refractivity contribution is 14.1. The molecule has 0 bridgehead atoms. The minimum absolute atomic E-state index is 0.00838. The van der Waals surface area contributed by atoms with E-state index < -0.39 is 4.92 Å². The van der Waals surface area contributed by atoms with Crippen molar-refractivity contribution in [2.24, 2.45) is 0 Å². The molecular weight excluding hydrogens is 391 g/mol. The van der Waals surface area contributed by atoms with Crippen LogP contribution in [-0.2, 0) is 0 Å². The van der Waals surface area contributed by atoms with Gasteiger partial charge in [0.15, 0.2) is 0 Å². The number of nitrogen functional groups attached to an aromatic ring is 2. The molecule has 0 radical (unpaired) electrons. The van der Waals surface area contributed by atoms with Crippen molar-refractivity contribution in [3.8, 4) is 23.1 Å². The number of aromatic hydroxyl groups is 1. The number of nitro benzene ring substituents is 1. The molecule has 2 aromatic rings. The molecule has 9 nitrogen and oxygen atoms in total. The molecule has 0 spiro atoms. The van der Waals surface area contributed by atoms with Gasteiger partial charge in [0.25, 0.3) is 5.69 Å². The number of aromatic nitrogens is 2. The van der Waals surface area contributed by atoms with Crippen LogP contribution in [-0.4, -0.2) is 20.0 Å². The van der Waals surface area contributed by atoms with Gasteiger partial charge >= 0.3 is 0 Å². The highest BCUT2D eigenvalue weighted by Crippen LogP contribution is 2.38. The average molecular weight is 398 g/mol. The number of hydrogen-bond acceptors (Lipinski definition) is 8. The van der Waals surface area contributed by atoms with Crippen molar-refractivity contribution in [1.82, 2.24) is 9.97 Å². The van der Waals surface area contributed by atoms with Gasteiger partial charge in [-0.15, -0.1) is 0 Å². The zero-order chi connectivity index (χ0) is 15.7. The summed E-state index contributed by atoms with van der Waals surface area (Å²) in [6.45, 7) is 0. The van der Waals surface area contributed by atoms with Crippen molar-refractivity contribution in [2.75, 3.05) is 11.5 Å². The summed E-state index contributed by atoms with van der Waals surface area (Å²) in [5.74, 6) is -0.626. The normalized spacial score (nSPS) is 10.1. The molecule has 0 aliphatic carbocycles. The van der Waals surface area contributed by atoms with Crippen molar-refractivity contribution >= 4 is 40.0 Å². The second-order valence-electron chi connectivity index (χ2n) is 3.88. The summed E-state index contributed by atoms with van der Waals surface area (Å²) in [6, 6.07) is 4.09. The number of nitrogens with zero attached hydrogens (tertiary/aromatic N) is 4. The number of benzene rings is 1. The third kappa shape index (κ3) is 2.63. The molecule has 1 heterocycles. The number of halogens is 1. The van der Waals surface area contributed by atoms with Crippen LogP contribution in [0.2, 0.25) is 0 Å². The Morgan fingerprint density at radius 3 is 2.62 bits per heavy atom. The van der Waals surface area contributed by atoms with Crippen LogP contribution in [0.25, 0.3) is 11.3 Å². The van der Waals surface area contributed by atoms with E-state index in [1.165, 1.54) is 6.07 Å². The fourth-order valence-corrected chi connectivity index (χ4v) is 2.28. The quantitative estimate of drug-likeness (QED) is 0.388. The second kappa shape index (κ2) is 5.37. The third-order valence-electron chi connectivity index (χ3n) is 2.58. The number of nitriles is 1. The molecule has 0 amide bonds. The second-order valence-corrected chi connectivity index (χ2v) is 5.05. The molecule has 21 heavy (non-hydrogen) atoms. The molecule has 0 saturated carbocycles. The molecule has 106 valence electrons. The SMILES string of the molecule is N#Cc1c(N)nc(N)nc1-c1cc([N+](=O)[O-])cc(I)c1O. The Morgan fingerprint density at radius 2 is 2.05 bits per heavy atom. The van der Waals surface area contributed by atoms with Gasteiger partial charge in [-0.25, -0.2) is 4.98 Å². The Hall–Kier alpha value is -2.68. The Balaban J connectivity index is 2.85. The van der Waals surface area contributed by atoms with Gasteiger partial charge in [-0.05, 0) is 22.6 Å². The van der Waals surface area contributed by atoms with Crippen molar-refractivity contribution < 1.29 is 10.0 Å². The predicted octanol–water partition coefficient (Wildman–Crippen LogP) is 1.40. The Kier molecular flexibility index (Phi) is 3.76. The fraction of sp³-hybridized carbons (Fsp3) is 0. The van der Waals surface area contributed by atoms with E-state index in [0.717, 1.165) is 6.07 Å². The lowest BCUT2D eigenvalue weighted by Gasteiger charge is -2.09. The van der Waals surface area contributed by atoms with Crippen LogP contribution in [0.5, 0.6) is 5.75 Å². The number of non-ortho nitro benzene ring substituents is 1. The van der Waals surface area contributed by atoms with E-state index in [2.05, 4.69) is 9.97 Å². The molecular formula is C11H7IN6O3. The largest absolute Gasteiger partial charge is 0.506 e. The van der Waals surface area contributed by atoms with Gasteiger partial charge in [0.1, 0.15) is 23.2 Å². The molecule has 0 aliphatic heterocycles. The predicted molar refractivity (Wildman–Crippen MR) is 82.0 cm³/mol. The first-order valence-electron chi connectivity index (χ1n) is 5.35. The molecule has 0 unspecified atom stereocenters. The topological polar surface area (TPSA) is 165 Å². The van der Waals surface area contributed by atoms with E-state index in [0.29, 0.717) is 0 Å². The summed E-state index contributed by atoms with van der Waals surface area (Å²) in [7, 11) is 0. The number of phenolic OH excluding ortho intramolecular Hbond substituents is 1. The van der Waals surface area contributed by atoms with Gasteiger partial charge in [0.05, 0.1) is 19.8 Å². The van der Waals surface area contributed by atoms with E-state index in [1.54, 1.807) is 28.7 Å².